The Kier molecular flexibility index (Phi) is 3.58. The van der Waals surface area contributed by atoms with Gasteiger partial charge in [-0.1, -0.05) is 27.7 Å². The van der Waals surface area contributed by atoms with Gasteiger partial charge < -0.3 is 0 Å². The summed E-state index contributed by atoms with van der Waals surface area (Å²) in [5, 5.41) is 7.95. The van der Waals surface area contributed by atoms with Gasteiger partial charge >= 0.3 is 6.18 Å². The number of aromatic nitrogens is 2. The average Bonchev–Trinajstić information content (AvgIpc) is 3.09. The molecule has 0 bridgehead atoms. The van der Waals surface area contributed by atoms with Gasteiger partial charge in [0.25, 0.3) is 0 Å². The van der Waals surface area contributed by atoms with Gasteiger partial charge in [0.05, 0.1) is 17.0 Å². The van der Waals surface area contributed by atoms with Gasteiger partial charge in [0.15, 0.2) is 0 Å². The van der Waals surface area contributed by atoms with Crippen molar-refractivity contribution in [2.24, 2.45) is 0 Å². The quantitative estimate of drug-likeness (QED) is 0.802. The van der Waals surface area contributed by atoms with Gasteiger partial charge in [-0.25, -0.2) is 0 Å². The lowest BCUT2D eigenvalue weighted by Crippen LogP contribution is -2.19. The summed E-state index contributed by atoms with van der Waals surface area (Å²) < 4.78 is 40.3. The van der Waals surface area contributed by atoms with Crippen LogP contribution < -0.4 is 0 Å². The maximum Gasteiger partial charge on any atom is 0.418 e. The van der Waals surface area contributed by atoms with Crippen LogP contribution in [0.1, 0.15) is 80.8 Å². The van der Waals surface area contributed by atoms with Gasteiger partial charge in [0, 0.05) is 0 Å². The molecular formula is C14H19F3N2. The fourth-order valence-corrected chi connectivity index (χ4v) is 2.39. The Balaban J connectivity index is 2.72. The van der Waals surface area contributed by atoms with Crippen LogP contribution in [0.4, 0.5) is 13.2 Å². The second kappa shape index (κ2) is 4.76. The van der Waals surface area contributed by atoms with E-state index in [4.69, 9.17) is 0 Å². The van der Waals surface area contributed by atoms with Crippen molar-refractivity contribution in [1.82, 2.24) is 10.2 Å². The topological polar surface area (TPSA) is 25.8 Å². The molecule has 0 spiro atoms. The van der Waals surface area contributed by atoms with Crippen LogP contribution >= 0.6 is 0 Å². The van der Waals surface area contributed by atoms with Crippen molar-refractivity contribution in [3.8, 4) is 0 Å². The lowest BCUT2D eigenvalue weighted by atomic mass is 9.91. The zero-order chi connectivity index (χ0) is 14.4. The maximum atomic E-state index is 13.4. The lowest BCUT2D eigenvalue weighted by Gasteiger charge is -2.21. The number of nitrogens with zero attached hydrogens (tertiary/aromatic N) is 2. The van der Waals surface area contributed by atoms with E-state index in [2.05, 4.69) is 10.2 Å². The van der Waals surface area contributed by atoms with E-state index in [0.29, 0.717) is 11.3 Å². The molecule has 106 valence electrons. The normalized spacial score (nSPS) is 16.5. The molecule has 0 aliphatic heterocycles. The van der Waals surface area contributed by atoms with Gasteiger partial charge in [-0.15, -0.1) is 0 Å². The molecule has 0 atom stereocenters. The minimum Gasteiger partial charge on any atom is -0.166 e. The fraction of sp³-hybridized carbons (Fsp3) is 0.714. The third-order valence-corrected chi connectivity index (χ3v) is 3.43. The van der Waals surface area contributed by atoms with E-state index in [1.54, 1.807) is 13.8 Å². The molecule has 1 aliphatic rings. The van der Waals surface area contributed by atoms with Crippen molar-refractivity contribution in [1.29, 1.82) is 0 Å². The monoisotopic (exact) mass is 272 g/mol. The first kappa shape index (κ1) is 14.3. The van der Waals surface area contributed by atoms with E-state index in [1.165, 1.54) is 0 Å². The Morgan fingerprint density at radius 2 is 1.42 bits per heavy atom. The van der Waals surface area contributed by atoms with Crippen LogP contribution in [0.15, 0.2) is 0 Å². The van der Waals surface area contributed by atoms with Crippen LogP contribution in [0.25, 0.3) is 0 Å². The number of alkyl halides is 3. The summed E-state index contributed by atoms with van der Waals surface area (Å²) in [6.45, 7) is 7.19. The summed E-state index contributed by atoms with van der Waals surface area (Å²) in [5.74, 6) is -0.296. The van der Waals surface area contributed by atoms with Gasteiger partial charge in [0.2, 0.25) is 0 Å². The summed E-state index contributed by atoms with van der Waals surface area (Å²) in [7, 11) is 0. The van der Waals surface area contributed by atoms with Gasteiger partial charge in [0.1, 0.15) is 0 Å². The van der Waals surface area contributed by atoms with Crippen LogP contribution in [0.2, 0.25) is 0 Å². The SMILES string of the molecule is CC(C)c1nnc(C(C)C)c(C(F)(F)F)c1C1CC1. The van der Waals surface area contributed by atoms with E-state index in [0.717, 1.165) is 12.8 Å². The van der Waals surface area contributed by atoms with Crippen molar-refractivity contribution in [2.75, 3.05) is 0 Å². The van der Waals surface area contributed by atoms with Crippen molar-refractivity contribution in [3.05, 3.63) is 22.5 Å². The molecule has 1 aromatic heterocycles. The molecule has 2 nitrogen and oxygen atoms in total. The molecule has 1 fully saturated rings. The first-order valence-electron chi connectivity index (χ1n) is 6.71. The average molecular weight is 272 g/mol. The minimum atomic E-state index is -4.35. The maximum absolute atomic E-state index is 13.4. The predicted molar refractivity (Wildman–Crippen MR) is 67.2 cm³/mol. The second-order valence-electron chi connectivity index (χ2n) is 5.84. The highest BCUT2D eigenvalue weighted by molar-refractivity contribution is 5.42. The summed E-state index contributed by atoms with van der Waals surface area (Å²) in [6, 6.07) is 0. The Hall–Kier alpha value is -1.13. The van der Waals surface area contributed by atoms with E-state index >= 15 is 0 Å². The molecule has 0 aromatic carbocycles. The Morgan fingerprint density at radius 3 is 1.79 bits per heavy atom. The Morgan fingerprint density at radius 1 is 0.947 bits per heavy atom. The summed E-state index contributed by atoms with van der Waals surface area (Å²) in [6.07, 6.45) is -2.70. The standard InChI is InChI=1S/C14H19F3N2/c1-7(2)12-10(9-5-6-9)11(14(15,16)17)13(8(3)4)19-18-12/h7-9H,5-6H2,1-4H3. The van der Waals surface area contributed by atoms with Crippen molar-refractivity contribution >= 4 is 0 Å². The van der Waals surface area contributed by atoms with E-state index in [-0.39, 0.29) is 23.4 Å². The van der Waals surface area contributed by atoms with Gasteiger partial charge in [-0.2, -0.15) is 23.4 Å². The van der Waals surface area contributed by atoms with Gasteiger partial charge in [-0.05, 0) is 36.2 Å². The minimum absolute atomic E-state index is 0.0158. The Labute approximate surface area is 111 Å². The van der Waals surface area contributed by atoms with Crippen LogP contribution in [-0.2, 0) is 6.18 Å². The number of halogens is 3. The van der Waals surface area contributed by atoms with Crippen LogP contribution in [0, 0.1) is 0 Å². The van der Waals surface area contributed by atoms with Crippen molar-refractivity contribution < 1.29 is 13.2 Å². The molecule has 0 radical (unpaired) electrons. The molecule has 2 rings (SSSR count). The smallest absolute Gasteiger partial charge is 0.166 e. The van der Waals surface area contributed by atoms with Crippen molar-refractivity contribution in [3.63, 3.8) is 0 Å². The summed E-state index contributed by atoms with van der Waals surface area (Å²) in [5.41, 5.74) is 0.475. The first-order valence-corrected chi connectivity index (χ1v) is 6.71. The molecule has 0 saturated heterocycles. The van der Waals surface area contributed by atoms with Gasteiger partial charge in [-0.3, -0.25) is 0 Å². The number of hydrogen-bond donors (Lipinski definition) is 0. The van der Waals surface area contributed by atoms with Crippen LogP contribution in [-0.4, -0.2) is 10.2 Å². The molecule has 1 aliphatic carbocycles. The molecule has 5 heteroatoms. The van der Waals surface area contributed by atoms with E-state index in [1.807, 2.05) is 13.8 Å². The molecule has 0 amide bonds. The zero-order valence-electron chi connectivity index (χ0n) is 11.7. The second-order valence-corrected chi connectivity index (χ2v) is 5.84. The number of rotatable bonds is 3. The van der Waals surface area contributed by atoms with Crippen molar-refractivity contribution in [2.45, 2.75) is 64.5 Å². The third-order valence-electron chi connectivity index (χ3n) is 3.43. The molecule has 19 heavy (non-hydrogen) atoms. The zero-order valence-corrected chi connectivity index (χ0v) is 11.7. The van der Waals surface area contributed by atoms with Crippen LogP contribution in [0.3, 0.4) is 0 Å². The molecule has 1 saturated carbocycles. The number of hydrogen-bond acceptors (Lipinski definition) is 2. The first-order chi connectivity index (χ1) is 8.73. The Bertz CT molecular complexity index is 474. The molecule has 1 heterocycles. The van der Waals surface area contributed by atoms with Crippen LogP contribution in [0.5, 0.6) is 0 Å². The lowest BCUT2D eigenvalue weighted by molar-refractivity contribution is -0.139. The largest absolute Gasteiger partial charge is 0.418 e. The highest BCUT2D eigenvalue weighted by Crippen LogP contribution is 2.49. The third kappa shape index (κ3) is 2.74. The molecule has 0 N–H and O–H groups in total. The highest BCUT2D eigenvalue weighted by atomic mass is 19.4. The van der Waals surface area contributed by atoms with E-state index < -0.39 is 11.7 Å². The molecule has 1 aromatic rings. The fourth-order valence-electron chi connectivity index (χ4n) is 2.39. The predicted octanol–water partition coefficient (Wildman–Crippen LogP) is 4.62. The molecule has 0 unspecified atom stereocenters. The summed E-state index contributed by atoms with van der Waals surface area (Å²) >= 11 is 0. The highest BCUT2D eigenvalue weighted by Gasteiger charge is 2.43. The van der Waals surface area contributed by atoms with E-state index in [9.17, 15) is 13.2 Å². The summed E-state index contributed by atoms with van der Waals surface area (Å²) in [4.78, 5) is 0. The molecular weight excluding hydrogens is 253 g/mol.